The van der Waals surface area contributed by atoms with Gasteiger partial charge in [0.25, 0.3) is 0 Å². The number of alkyl halides is 3. The number of halogens is 3. The van der Waals surface area contributed by atoms with Crippen molar-refractivity contribution in [3.05, 3.63) is 76.7 Å². The van der Waals surface area contributed by atoms with Gasteiger partial charge in [0.1, 0.15) is 5.75 Å². The quantitative estimate of drug-likeness (QED) is 0.508. The molecule has 0 amide bonds. The van der Waals surface area contributed by atoms with E-state index in [-0.39, 0.29) is 29.0 Å². The van der Waals surface area contributed by atoms with E-state index in [0.29, 0.717) is 17.6 Å². The van der Waals surface area contributed by atoms with Crippen molar-refractivity contribution in [3.63, 3.8) is 0 Å². The third kappa shape index (κ3) is 6.95. The van der Waals surface area contributed by atoms with Crippen molar-refractivity contribution in [2.75, 3.05) is 13.7 Å². The van der Waals surface area contributed by atoms with Gasteiger partial charge in [0.15, 0.2) is 0 Å². The first-order valence-corrected chi connectivity index (χ1v) is 12.3. The van der Waals surface area contributed by atoms with E-state index in [4.69, 9.17) is 4.74 Å². The molecule has 1 aliphatic carbocycles. The van der Waals surface area contributed by atoms with Crippen LogP contribution in [0.5, 0.6) is 5.75 Å². The number of esters is 1. The van der Waals surface area contributed by atoms with Gasteiger partial charge in [-0.2, -0.15) is 0 Å². The lowest BCUT2D eigenvalue weighted by atomic mass is 9.85. The molecule has 1 aliphatic rings. The Morgan fingerprint density at radius 3 is 2.11 bits per heavy atom. The summed E-state index contributed by atoms with van der Waals surface area (Å²) in [4.78, 5) is 12.1. The Morgan fingerprint density at radius 1 is 1.00 bits per heavy atom. The maximum atomic E-state index is 12.8. The van der Waals surface area contributed by atoms with E-state index in [2.05, 4.69) is 9.46 Å². The second kappa shape index (κ2) is 10.7. The largest absolute Gasteiger partial charge is 0.573 e. The van der Waals surface area contributed by atoms with Crippen LogP contribution in [-0.2, 0) is 26.0 Å². The summed E-state index contributed by atoms with van der Waals surface area (Å²) < 4.78 is 73.7. The molecular formula is C25H26F3NO5S. The van der Waals surface area contributed by atoms with Crippen LogP contribution in [0.2, 0.25) is 0 Å². The number of methoxy groups -OCH3 is 1. The Labute approximate surface area is 202 Å². The van der Waals surface area contributed by atoms with Crippen molar-refractivity contribution in [2.24, 2.45) is 11.8 Å². The Hall–Kier alpha value is -3.11. The number of ether oxygens (including phenoxy) is 2. The van der Waals surface area contributed by atoms with Crippen LogP contribution >= 0.6 is 0 Å². The molecule has 35 heavy (non-hydrogen) atoms. The predicted octanol–water partition coefficient (Wildman–Crippen LogP) is 4.98. The topological polar surface area (TPSA) is 81.7 Å². The molecule has 0 saturated carbocycles. The van der Waals surface area contributed by atoms with Crippen LogP contribution < -0.4 is 9.46 Å². The fourth-order valence-electron chi connectivity index (χ4n) is 3.68. The second-order valence-electron chi connectivity index (χ2n) is 8.22. The monoisotopic (exact) mass is 509 g/mol. The minimum atomic E-state index is -4.74. The van der Waals surface area contributed by atoms with Gasteiger partial charge in [0, 0.05) is 12.1 Å². The van der Waals surface area contributed by atoms with Crippen LogP contribution in [0.1, 0.15) is 19.4 Å². The Balaban J connectivity index is 1.61. The van der Waals surface area contributed by atoms with Gasteiger partial charge in [-0.15, -0.1) is 13.2 Å². The molecule has 2 aromatic carbocycles. The molecule has 0 spiro atoms. The number of rotatable bonds is 8. The zero-order chi connectivity index (χ0) is 25.8. The van der Waals surface area contributed by atoms with Gasteiger partial charge in [-0.3, -0.25) is 0 Å². The first-order chi connectivity index (χ1) is 16.4. The summed E-state index contributed by atoms with van der Waals surface area (Å²) in [6.07, 6.45) is -1.34. The number of hydrogen-bond donors (Lipinski definition) is 1. The second-order valence-corrected chi connectivity index (χ2v) is 9.99. The number of allylic oxidation sites excluding steroid dienone is 2. The van der Waals surface area contributed by atoms with E-state index in [1.165, 1.54) is 37.5 Å². The molecule has 0 aromatic heterocycles. The summed E-state index contributed by atoms with van der Waals surface area (Å²) in [5.74, 6) is -1.15. The normalized spacial score (nSPS) is 18.5. The summed E-state index contributed by atoms with van der Waals surface area (Å²) in [5.41, 5.74) is 2.70. The molecule has 6 nitrogen and oxygen atoms in total. The van der Waals surface area contributed by atoms with Gasteiger partial charge in [0.05, 0.1) is 12.0 Å². The average molecular weight is 510 g/mol. The van der Waals surface area contributed by atoms with Gasteiger partial charge in [-0.05, 0) is 53.2 Å². The van der Waals surface area contributed by atoms with E-state index in [0.717, 1.165) is 11.1 Å². The zero-order valence-corrected chi connectivity index (χ0v) is 20.2. The molecule has 0 heterocycles. The van der Waals surface area contributed by atoms with Gasteiger partial charge >= 0.3 is 12.3 Å². The summed E-state index contributed by atoms with van der Waals surface area (Å²) in [5, 5.41) is 0. The first kappa shape index (κ1) is 26.5. The Morgan fingerprint density at radius 2 is 1.57 bits per heavy atom. The van der Waals surface area contributed by atoms with E-state index in [1.54, 1.807) is 6.08 Å². The SMILES string of the molecule is COC(=O)C1=CC(S(=O)(=O)NCCc2ccc(-c3ccc(OC(F)(F)F)cc3)cc2)=CC(C)C1C. The number of benzene rings is 2. The molecule has 3 rings (SSSR count). The van der Waals surface area contributed by atoms with Crippen molar-refractivity contribution in [2.45, 2.75) is 26.6 Å². The van der Waals surface area contributed by atoms with Crippen LogP contribution in [0, 0.1) is 11.8 Å². The average Bonchev–Trinajstić information content (AvgIpc) is 2.80. The molecule has 10 heteroatoms. The maximum absolute atomic E-state index is 12.8. The summed E-state index contributed by atoms with van der Waals surface area (Å²) in [7, 11) is -2.56. The zero-order valence-electron chi connectivity index (χ0n) is 19.4. The van der Waals surface area contributed by atoms with Crippen molar-refractivity contribution in [3.8, 4) is 16.9 Å². The Bertz CT molecular complexity index is 1220. The minimum absolute atomic E-state index is 0.0387. The van der Waals surface area contributed by atoms with Gasteiger partial charge in [-0.1, -0.05) is 56.3 Å². The molecular weight excluding hydrogens is 483 g/mol. The van der Waals surface area contributed by atoms with Crippen molar-refractivity contribution < 1.29 is 35.9 Å². The number of carbonyl (C=O) groups excluding carboxylic acids is 1. The van der Waals surface area contributed by atoms with Crippen LogP contribution in [0.4, 0.5) is 13.2 Å². The van der Waals surface area contributed by atoms with Gasteiger partial charge in [-0.25, -0.2) is 17.9 Å². The molecule has 2 unspecified atom stereocenters. The molecule has 0 aliphatic heterocycles. The highest BCUT2D eigenvalue weighted by Gasteiger charge is 2.31. The molecule has 188 valence electrons. The molecule has 0 radical (unpaired) electrons. The number of sulfonamides is 1. The minimum Gasteiger partial charge on any atom is -0.466 e. The smallest absolute Gasteiger partial charge is 0.466 e. The molecule has 2 aromatic rings. The molecule has 0 saturated heterocycles. The van der Waals surface area contributed by atoms with Crippen LogP contribution in [0.3, 0.4) is 0 Å². The highest BCUT2D eigenvalue weighted by atomic mass is 32.2. The first-order valence-electron chi connectivity index (χ1n) is 10.9. The number of nitrogens with one attached hydrogen (secondary N) is 1. The van der Waals surface area contributed by atoms with E-state index in [9.17, 15) is 26.4 Å². The fourth-order valence-corrected chi connectivity index (χ4v) is 4.89. The highest BCUT2D eigenvalue weighted by molar-refractivity contribution is 7.93. The summed E-state index contributed by atoms with van der Waals surface area (Å²) in [6, 6.07) is 12.8. The summed E-state index contributed by atoms with van der Waals surface area (Å²) in [6.45, 7) is 3.83. The third-order valence-corrected chi connectivity index (χ3v) is 7.28. The van der Waals surface area contributed by atoms with Crippen molar-refractivity contribution >= 4 is 16.0 Å². The molecule has 0 bridgehead atoms. The van der Waals surface area contributed by atoms with Gasteiger partial charge in [0.2, 0.25) is 10.0 Å². The summed E-state index contributed by atoms with van der Waals surface area (Å²) >= 11 is 0. The number of hydrogen-bond acceptors (Lipinski definition) is 5. The molecule has 1 N–H and O–H groups in total. The lowest BCUT2D eigenvalue weighted by Gasteiger charge is -2.24. The van der Waals surface area contributed by atoms with E-state index >= 15 is 0 Å². The van der Waals surface area contributed by atoms with E-state index in [1.807, 2.05) is 38.1 Å². The fraction of sp³-hybridized carbons (Fsp3) is 0.320. The maximum Gasteiger partial charge on any atom is 0.573 e. The van der Waals surface area contributed by atoms with Crippen molar-refractivity contribution in [1.29, 1.82) is 0 Å². The van der Waals surface area contributed by atoms with Crippen LogP contribution in [0.15, 0.2) is 71.2 Å². The van der Waals surface area contributed by atoms with Gasteiger partial charge < -0.3 is 9.47 Å². The standard InChI is InChI=1S/C25H26F3NO5S/c1-16-14-22(15-23(17(16)2)24(30)33-3)35(31,32)29-13-12-18-4-6-19(7-5-18)20-8-10-21(11-9-20)34-25(26,27)28/h4-11,14-17,29H,12-13H2,1-3H3. The van der Waals surface area contributed by atoms with Crippen LogP contribution in [-0.4, -0.2) is 34.4 Å². The van der Waals surface area contributed by atoms with E-state index < -0.39 is 22.4 Å². The lowest BCUT2D eigenvalue weighted by Crippen LogP contribution is -2.30. The molecule has 2 atom stereocenters. The lowest BCUT2D eigenvalue weighted by molar-refractivity contribution is -0.274. The van der Waals surface area contributed by atoms with Crippen molar-refractivity contribution in [1.82, 2.24) is 4.72 Å². The Kier molecular flexibility index (Phi) is 8.07. The molecule has 0 fully saturated rings. The highest BCUT2D eigenvalue weighted by Crippen LogP contribution is 2.31. The third-order valence-electron chi connectivity index (χ3n) is 5.82. The number of carbonyl (C=O) groups is 1. The van der Waals surface area contributed by atoms with Crippen LogP contribution in [0.25, 0.3) is 11.1 Å². The predicted molar refractivity (Wildman–Crippen MR) is 126 cm³/mol.